The first-order valence-electron chi connectivity index (χ1n) is 9.99. The SMILES string of the molecule is CS(=O)(=O)Cc1nc2c(c(Nc3ccc(C(F)(F)F)cc3)n1)CCN(CN=CC=CCCl)C2. The van der Waals surface area contributed by atoms with E-state index in [1.165, 1.54) is 12.1 Å². The van der Waals surface area contributed by atoms with Crippen molar-refractivity contribution in [3.8, 4) is 0 Å². The number of nitrogens with one attached hydrogen (secondary N) is 1. The fraction of sp³-hybridized carbons (Fsp3) is 0.381. The topological polar surface area (TPSA) is 87.5 Å². The highest BCUT2D eigenvalue weighted by Crippen LogP contribution is 2.31. The average Bonchev–Trinajstić information content (AvgIpc) is 2.72. The molecular weight excluding hydrogens is 479 g/mol. The van der Waals surface area contributed by atoms with Crippen molar-refractivity contribution in [3.05, 3.63) is 59.1 Å². The van der Waals surface area contributed by atoms with E-state index in [2.05, 4.69) is 20.3 Å². The highest BCUT2D eigenvalue weighted by molar-refractivity contribution is 7.89. The standard InChI is InChI=1S/C21H23ClF3N5O2S/c1-33(31,32)13-19-28-18-12-30(14-26-10-3-2-9-22)11-8-17(18)20(29-19)27-16-6-4-15(5-7-16)21(23,24)25/h2-7,10H,8-9,11-14H2,1H3,(H,27,28,29). The van der Waals surface area contributed by atoms with Crippen molar-refractivity contribution in [3.63, 3.8) is 0 Å². The summed E-state index contributed by atoms with van der Waals surface area (Å²) in [5, 5.41) is 3.04. The van der Waals surface area contributed by atoms with Gasteiger partial charge in [-0.1, -0.05) is 6.08 Å². The summed E-state index contributed by atoms with van der Waals surface area (Å²) in [6.07, 6.45) is 2.41. The molecule has 2 aromatic rings. The molecule has 0 bridgehead atoms. The number of fused-ring (bicyclic) bond motifs is 1. The van der Waals surface area contributed by atoms with E-state index in [0.717, 1.165) is 24.0 Å². The molecule has 0 unspecified atom stereocenters. The van der Waals surface area contributed by atoms with Crippen molar-refractivity contribution in [2.24, 2.45) is 4.99 Å². The van der Waals surface area contributed by atoms with Crippen molar-refractivity contribution >= 4 is 39.2 Å². The van der Waals surface area contributed by atoms with Crippen molar-refractivity contribution in [1.82, 2.24) is 14.9 Å². The zero-order valence-electron chi connectivity index (χ0n) is 17.8. The first-order valence-corrected chi connectivity index (χ1v) is 12.6. The summed E-state index contributed by atoms with van der Waals surface area (Å²) in [7, 11) is -3.39. The van der Waals surface area contributed by atoms with Crippen molar-refractivity contribution in [2.45, 2.75) is 24.9 Å². The van der Waals surface area contributed by atoms with Crippen LogP contribution in [0.5, 0.6) is 0 Å². The number of halogens is 4. The molecule has 0 saturated carbocycles. The molecule has 33 heavy (non-hydrogen) atoms. The lowest BCUT2D eigenvalue weighted by Crippen LogP contribution is -2.32. The minimum absolute atomic E-state index is 0.126. The third kappa shape index (κ3) is 7.51. The number of anilines is 2. The van der Waals surface area contributed by atoms with Gasteiger partial charge in [0, 0.05) is 42.7 Å². The Labute approximate surface area is 195 Å². The molecule has 0 atom stereocenters. The summed E-state index contributed by atoms with van der Waals surface area (Å²) in [6.45, 7) is 1.53. The molecule has 0 aliphatic carbocycles. The van der Waals surface area contributed by atoms with Gasteiger partial charge in [0.05, 0.1) is 17.9 Å². The molecule has 1 aliphatic rings. The maximum Gasteiger partial charge on any atom is 0.416 e. The number of hydrogen-bond donors (Lipinski definition) is 1. The molecule has 3 rings (SSSR count). The van der Waals surface area contributed by atoms with Crippen LogP contribution in [0.2, 0.25) is 0 Å². The molecule has 2 heterocycles. The number of aliphatic imine (C=N–C) groups is 1. The fourth-order valence-electron chi connectivity index (χ4n) is 3.27. The van der Waals surface area contributed by atoms with Gasteiger partial charge < -0.3 is 5.32 Å². The Morgan fingerprint density at radius 3 is 2.61 bits per heavy atom. The van der Waals surface area contributed by atoms with Crippen LogP contribution in [0.1, 0.15) is 22.6 Å². The van der Waals surface area contributed by atoms with Crippen molar-refractivity contribution in [2.75, 3.05) is 30.7 Å². The van der Waals surface area contributed by atoms with Gasteiger partial charge in [0.2, 0.25) is 0 Å². The summed E-state index contributed by atoms with van der Waals surface area (Å²) >= 11 is 5.57. The second-order valence-electron chi connectivity index (χ2n) is 7.54. The van der Waals surface area contributed by atoms with E-state index in [1.807, 2.05) is 4.90 Å². The predicted octanol–water partition coefficient (Wildman–Crippen LogP) is 3.97. The van der Waals surface area contributed by atoms with Crippen LogP contribution in [0.4, 0.5) is 24.7 Å². The van der Waals surface area contributed by atoms with Gasteiger partial charge >= 0.3 is 6.18 Å². The lowest BCUT2D eigenvalue weighted by molar-refractivity contribution is -0.137. The van der Waals surface area contributed by atoms with Crippen molar-refractivity contribution < 1.29 is 21.6 Å². The van der Waals surface area contributed by atoms with Crippen LogP contribution in [0.25, 0.3) is 0 Å². The fourth-order valence-corrected chi connectivity index (χ4v) is 3.97. The lowest BCUT2D eigenvalue weighted by atomic mass is 10.1. The van der Waals surface area contributed by atoms with E-state index < -0.39 is 21.6 Å². The summed E-state index contributed by atoms with van der Waals surface area (Å²) in [5.41, 5.74) is 1.12. The summed E-state index contributed by atoms with van der Waals surface area (Å²) < 4.78 is 62.2. The van der Waals surface area contributed by atoms with Gasteiger partial charge in [0.1, 0.15) is 17.4 Å². The zero-order valence-corrected chi connectivity index (χ0v) is 19.4. The van der Waals surface area contributed by atoms with Crippen LogP contribution in [-0.4, -0.2) is 54.8 Å². The van der Waals surface area contributed by atoms with Gasteiger partial charge in [-0.25, -0.2) is 18.4 Å². The largest absolute Gasteiger partial charge is 0.416 e. The minimum Gasteiger partial charge on any atom is -0.340 e. The molecule has 7 nitrogen and oxygen atoms in total. The predicted molar refractivity (Wildman–Crippen MR) is 123 cm³/mol. The molecule has 1 aliphatic heterocycles. The molecule has 12 heteroatoms. The van der Waals surface area contributed by atoms with Gasteiger partial charge in [0.15, 0.2) is 9.84 Å². The summed E-state index contributed by atoms with van der Waals surface area (Å²) in [4.78, 5) is 15.2. The monoisotopic (exact) mass is 501 g/mol. The molecule has 1 aromatic heterocycles. The van der Waals surface area contributed by atoms with Crippen LogP contribution >= 0.6 is 11.6 Å². The molecule has 0 amide bonds. The first-order chi connectivity index (χ1) is 15.5. The van der Waals surface area contributed by atoms with Gasteiger partial charge in [-0.15, -0.1) is 11.6 Å². The number of hydrogen-bond acceptors (Lipinski definition) is 7. The Hall–Kier alpha value is -2.50. The number of allylic oxidation sites excluding steroid dienone is 2. The molecular formula is C21H23ClF3N5O2S. The van der Waals surface area contributed by atoms with Crippen LogP contribution in [0, 0.1) is 0 Å². The Morgan fingerprint density at radius 1 is 1.24 bits per heavy atom. The summed E-state index contributed by atoms with van der Waals surface area (Å²) in [6, 6.07) is 4.58. The van der Waals surface area contributed by atoms with Crippen LogP contribution in [-0.2, 0) is 34.7 Å². The van der Waals surface area contributed by atoms with Crippen LogP contribution in [0.15, 0.2) is 41.4 Å². The second-order valence-corrected chi connectivity index (χ2v) is 9.99. The zero-order chi connectivity index (χ0) is 24.1. The maximum absolute atomic E-state index is 12.8. The number of aromatic nitrogens is 2. The Balaban J connectivity index is 1.86. The number of rotatable bonds is 8. The van der Waals surface area contributed by atoms with E-state index >= 15 is 0 Å². The van der Waals surface area contributed by atoms with Gasteiger partial charge in [-0.05, 0) is 36.8 Å². The normalized spacial score (nSPS) is 15.3. The van der Waals surface area contributed by atoms with E-state index in [9.17, 15) is 21.6 Å². The van der Waals surface area contributed by atoms with Gasteiger partial charge in [-0.3, -0.25) is 9.89 Å². The van der Waals surface area contributed by atoms with Crippen LogP contribution in [0.3, 0.4) is 0 Å². The molecule has 178 valence electrons. The van der Waals surface area contributed by atoms with E-state index in [-0.39, 0.29) is 11.6 Å². The second kappa shape index (κ2) is 10.6. The quantitative estimate of drug-likeness (QED) is 0.435. The van der Waals surface area contributed by atoms with E-state index in [0.29, 0.717) is 49.3 Å². The van der Waals surface area contributed by atoms with Crippen molar-refractivity contribution in [1.29, 1.82) is 0 Å². The van der Waals surface area contributed by atoms with Crippen LogP contribution < -0.4 is 5.32 Å². The first kappa shape index (κ1) is 25.1. The number of nitrogens with zero attached hydrogens (tertiary/aromatic N) is 4. The lowest BCUT2D eigenvalue weighted by Gasteiger charge is -2.28. The highest BCUT2D eigenvalue weighted by atomic mass is 35.5. The molecule has 0 spiro atoms. The Bertz CT molecular complexity index is 1140. The molecule has 1 N–H and O–H groups in total. The molecule has 0 saturated heterocycles. The molecule has 0 radical (unpaired) electrons. The van der Waals surface area contributed by atoms with E-state index in [1.54, 1.807) is 18.4 Å². The molecule has 1 aromatic carbocycles. The number of alkyl halides is 4. The van der Waals surface area contributed by atoms with E-state index in [4.69, 9.17) is 11.6 Å². The smallest absolute Gasteiger partial charge is 0.340 e. The molecule has 0 fully saturated rings. The highest BCUT2D eigenvalue weighted by Gasteiger charge is 2.30. The third-order valence-corrected chi connectivity index (χ3v) is 5.72. The number of benzene rings is 1. The summed E-state index contributed by atoms with van der Waals surface area (Å²) in [5.74, 6) is 0.578. The Kier molecular flexibility index (Phi) is 8.09. The Morgan fingerprint density at radius 2 is 1.97 bits per heavy atom. The average molecular weight is 502 g/mol. The van der Waals surface area contributed by atoms with Gasteiger partial charge in [-0.2, -0.15) is 13.2 Å². The number of sulfone groups is 1. The maximum atomic E-state index is 12.8. The minimum atomic E-state index is -4.43. The third-order valence-electron chi connectivity index (χ3n) is 4.76. The van der Waals surface area contributed by atoms with Gasteiger partial charge in [0.25, 0.3) is 0 Å².